The second-order valence-electron chi connectivity index (χ2n) is 5.47. The molecule has 2 N–H and O–H groups in total. The van der Waals surface area contributed by atoms with E-state index in [-0.39, 0.29) is 5.92 Å². The zero-order chi connectivity index (χ0) is 15.8. The molecule has 1 aliphatic carbocycles. The lowest BCUT2D eigenvalue weighted by Gasteiger charge is -2.04. The van der Waals surface area contributed by atoms with Crippen molar-refractivity contribution < 1.29 is 4.74 Å². The number of fused-ring (bicyclic) bond motifs is 1. The van der Waals surface area contributed by atoms with E-state index in [1.807, 2.05) is 0 Å². The van der Waals surface area contributed by atoms with Gasteiger partial charge in [0.1, 0.15) is 5.52 Å². The van der Waals surface area contributed by atoms with Crippen molar-refractivity contribution in [2.75, 3.05) is 12.4 Å². The van der Waals surface area contributed by atoms with E-state index in [1.165, 1.54) is 0 Å². The van der Waals surface area contributed by atoms with Crippen molar-refractivity contribution in [3.8, 4) is 11.9 Å². The van der Waals surface area contributed by atoms with Crippen molar-refractivity contribution in [3.05, 3.63) is 18.5 Å². The van der Waals surface area contributed by atoms with E-state index < -0.39 is 0 Å². The van der Waals surface area contributed by atoms with Crippen molar-refractivity contribution in [2.45, 2.75) is 13.0 Å². The van der Waals surface area contributed by atoms with Gasteiger partial charge < -0.3 is 10.1 Å². The van der Waals surface area contributed by atoms with Crippen LogP contribution in [0.5, 0.6) is 5.88 Å². The Balaban J connectivity index is 1.57. The highest BCUT2D eigenvalue weighted by Gasteiger charge is 2.37. The molecule has 0 aliphatic heterocycles. The van der Waals surface area contributed by atoms with Gasteiger partial charge in [-0.05, 0) is 12.3 Å². The van der Waals surface area contributed by atoms with E-state index in [0.29, 0.717) is 35.6 Å². The summed E-state index contributed by atoms with van der Waals surface area (Å²) < 4.78 is 6.85. The van der Waals surface area contributed by atoms with E-state index >= 15 is 0 Å². The van der Waals surface area contributed by atoms with Crippen LogP contribution < -0.4 is 10.1 Å². The number of ether oxygens (including phenoxy) is 1. The van der Waals surface area contributed by atoms with Crippen molar-refractivity contribution in [2.24, 2.45) is 11.8 Å². The molecule has 0 saturated heterocycles. The van der Waals surface area contributed by atoms with Crippen LogP contribution in [0, 0.1) is 23.2 Å². The number of rotatable bonds is 5. The molecule has 1 fully saturated rings. The molecule has 0 amide bonds. The fraction of sp³-hybridized carbons (Fsp3) is 0.357. The van der Waals surface area contributed by atoms with Crippen LogP contribution >= 0.6 is 0 Å². The third-order valence-electron chi connectivity index (χ3n) is 3.87. The predicted octanol–water partition coefficient (Wildman–Crippen LogP) is 1.46. The molecule has 2 atom stereocenters. The van der Waals surface area contributed by atoms with Gasteiger partial charge in [-0.15, -0.1) is 0 Å². The van der Waals surface area contributed by atoms with Gasteiger partial charge in [0, 0.05) is 12.6 Å². The summed E-state index contributed by atoms with van der Waals surface area (Å²) in [6.45, 7) is 0.691. The quantitative estimate of drug-likeness (QED) is 0.732. The molecule has 9 nitrogen and oxygen atoms in total. The summed E-state index contributed by atoms with van der Waals surface area (Å²) in [5.41, 5.74) is 1.42. The molecule has 0 aromatic carbocycles. The number of H-pyrrole nitrogens is 1. The number of hydrogen-bond acceptors (Lipinski definition) is 7. The minimum absolute atomic E-state index is 0.139. The molecular weight excluding hydrogens is 296 g/mol. The Morgan fingerprint density at radius 2 is 2.39 bits per heavy atom. The van der Waals surface area contributed by atoms with Crippen LogP contribution in [0.2, 0.25) is 0 Å². The maximum Gasteiger partial charge on any atom is 0.210 e. The Morgan fingerprint density at radius 1 is 1.48 bits per heavy atom. The second kappa shape index (κ2) is 5.24. The number of anilines is 2. The smallest absolute Gasteiger partial charge is 0.210 e. The van der Waals surface area contributed by atoms with Crippen LogP contribution in [-0.2, 0) is 6.54 Å². The van der Waals surface area contributed by atoms with Crippen LogP contribution in [0.1, 0.15) is 6.42 Å². The largest absolute Gasteiger partial charge is 0.481 e. The van der Waals surface area contributed by atoms with E-state index in [2.05, 4.69) is 36.7 Å². The molecule has 0 radical (unpaired) electrons. The highest BCUT2D eigenvalue weighted by Crippen LogP contribution is 2.39. The number of aromatic amines is 1. The lowest BCUT2D eigenvalue weighted by molar-refractivity contribution is 0.397. The molecule has 3 aromatic heterocycles. The van der Waals surface area contributed by atoms with E-state index in [0.717, 1.165) is 11.9 Å². The normalized spacial score (nSPS) is 19.5. The molecule has 1 saturated carbocycles. The molecular formula is C14H14N8O. The zero-order valence-electron chi connectivity index (χ0n) is 12.4. The van der Waals surface area contributed by atoms with Gasteiger partial charge in [-0.25, -0.2) is 19.7 Å². The van der Waals surface area contributed by atoms with E-state index in [1.54, 1.807) is 30.3 Å². The Hall–Kier alpha value is -3.15. The number of methoxy groups -OCH3 is 1. The van der Waals surface area contributed by atoms with Gasteiger partial charge in [0.25, 0.3) is 0 Å². The Kier molecular flexibility index (Phi) is 3.08. The van der Waals surface area contributed by atoms with E-state index in [4.69, 9.17) is 10.00 Å². The van der Waals surface area contributed by atoms with Crippen molar-refractivity contribution in [1.82, 2.24) is 29.9 Å². The minimum Gasteiger partial charge on any atom is -0.481 e. The maximum atomic E-state index is 8.91. The first-order chi connectivity index (χ1) is 11.3. The third kappa shape index (κ3) is 2.55. The molecule has 3 aromatic rings. The summed E-state index contributed by atoms with van der Waals surface area (Å²) in [5.74, 6) is 2.22. The van der Waals surface area contributed by atoms with Gasteiger partial charge in [-0.1, -0.05) is 0 Å². The van der Waals surface area contributed by atoms with Gasteiger partial charge in [0.05, 0.1) is 31.5 Å². The first-order valence-corrected chi connectivity index (χ1v) is 7.21. The Morgan fingerprint density at radius 3 is 3.13 bits per heavy atom. The summed E-state index contributed by atoms with van der Waals surface area (Å²) in [5, 5.41) is 23.1. The highest BCUT2D eigenvalue weighted by molar-refractivity contribution is 5.71. The van der Waals surface area contributed by atoms with Crippen molar-refractivity contribution in [1.29, 1.82) is 5.26 Å². The molecule has 116 valence electrons. The van der Waals surface area contributed by atoms with Crippen LogP contribution in [-0.4, -0.2) is 37.1 Å². The van der Waals surface area contributed by atoms with Crippen LogP contribution in [0.25, 0.3) is 11.2 Å². The average Bonchev–Trinajstić information content (AvgIpc) is 2.97. The van der Waals surface area contributed by atoms with Crippen LogP contribution in [0.3, 0.4) is 0 Å². The number of nitrogens with zero attached hydrogens (tertiary/aromatic N) is 6. The van der Waals surface area contributed by atoms with Crippen LogP contribution in [0.15, 0.2) is 18.5 Å². The zero-order valence-corrected chi connectivity index (χ0v) is 12.4. The third-order valence-corrected chi connectivity index (χ3v) is 3.87. The molecule has 4 rings (SSSR count). The monoisotopic (exact) mass is 310 g/mol. The summed E-state index contributed by atoms with van der Waals surface area (Å²) >= 11 is 0. The highest BCUT2D eigenvalue weighted by atomic mass is 16.5. The average molecular weight is 310 g/mol. The van der Waals surface area contributed by atoms with Gasteiger partial charge in [0.2, 0.25) is 5.88 Å². The lowest BCUT2D eigenvalue weighted by atomic mass is 10.3. The summed E-state index contributed by atoms with van der Waals surface area (Å²) in [4.78, 5) is 8.90. The summed E-state index contributed by atoms with van der Waals surface area (Å²) in [6, 6.07) is 4.02. The first kappa shape index (κ1) is 13.5. The fourth-order valence-electron chi connectivity index (χ4n) is 2.48. The number of aromatic nitrogens is 6. The van der Waals surface area contributed by atoms with Crippen molar-refractivity contribution in [3.63, 3.8) is 0 Å². The Labute approximate surface area is 131 Å². The van der Waals surface area contributed by atoms with Gasteiger partial charge in [-0.2, -0.15) is 15.5 Å². The first-order valence-electron chi connectivity index (χ1n) is 7.21. The topological polar surface area (TPSA) is 117 Å². The number of hydrogen-bond donors (Lipinski definition) is 2. The van der Waals surface area contributed by atoms with Gasteiger partial charge in [0.15, 0.2) is 17.3 Å². The molecule has 23 heavy (non-hydrogen) atoms. The second-order valence-corrected chi connectivity index (χ2v) is 5.47. The molecule has 0 spiro atoms. The Bertz CT molecular complexity index is 892. The van der Waals surface area contributed by atoms with Crippen LogP contribution in [0.4, 0.5) is 11.6 Å². The van der Waals surface area contributed by atoms with Gasteiger partial charge in [-0.3, -0.25) is 0 Å². The van der Waals surface area contributed by atoms with Crippen molar-refractivity contribution >= 4 is 22.8 Å². The molecule has 3 heterocycles. The minimum atomic E-state index is 0.139. The molecule has 0 unspecified atom stereocenters. The maximum absolute atomic E-state index is 8.91. The molecule has 0 bridgehead atoms. The predicted molar refractivity (Wildman–Crippen MR) is 81.0 cm³/mol. The number of nitriles is 1. The standard InChI is InChI=1S/C14H14N8O/c1-23-13-3-11(20-21-13)18-12-6-16-10-5-17-22(14(10)19-12)7-9-2-8(9)4-15/h3,5-6,8-9H,2,7H2,1H3,(H2,18,19,20,21)/t8-,9-/m0/s1. The van der Waals surface area contributed by atoms with E-state index in [9.17, 15) is 0 Å². The molecule has 9 heteroatoms. The van der Waals surface area contributed by atoms with Gasteiger partial charge >= 0.3 is 0 Å². The molecule has 1 aliphatic rings. The summed E-state index contributed by atoms with van der Waals surface area (Å²) in [7, 11) is 1.56. The SMILES string of the molecule is COc1cc(Nc2cnc3cnn(C[C@@H]4C[C@H]4C#N)c3n2)n[nH]1. The number of nitrogens with one attached hydrogen (secondary N) is 2. The summed E-state index contributed by atoms with van der Waals surface area (Å²) in [6.07, 6.45) is 4.24. The fourth-order valence-corrected chi connectivity index (χ4v) is 2.48. The lowest BCUT2D eigenvalue weighted by Crippen LogP contribution is -2.05.